The lowest BCUT2D eigenvalue weighted by Gasteiger charge is -2.45. The van der Waals surface area contributed by atoms with Crippen LogP contribution in [0.25, 0.3) is 0 Å². The Bertz CT molecular complexity index is 1200. The standard InChI is InChI=1S/C27H26F3N3O3/c1-2-33(17-18-9-5-3-6-10-18)21-15-13-19(14-16-21)23-22(24(34)20-11-7-4-8-12-20)26(36,27(28,29)30)32-25(35)31-23/h3-16,22-23,36H,2,17H2,1H3,(H2,31,32,35)/t22-,23-,26-/m0/s1. The minimum Gasteiger partial charge on any atom is -0.367 e. The lowest BCUT2D eigenvalue weighted by Crippen LogP contribution is -2.72. The normalized spacial score (nSPS) is 21.9. The van der Waals surface area contributed by atoms with Gasteiger partial charge in [0.2, 0.25) is 5.72 Å². The zero-order chi connectivity index (χ0) is 25.9. The van der Waals surface area contributed by atoms with E-state index in [1.807, 2.05) is 37.3 Å². The second-order valence-electron chi connectivity index (χ2n) is 8.64. The first-order valence-corrected chi connectivity index (χ1v) is 11.5. The molecule has 0 radical (unpaired) electrons. The molecule has 0 aliphatic carbocycles. The monoisotopic (exact) mass is 497 g/mol. The van der Waals surface area contributed by atoms with Gasteiger partial charge in [0.25, 0.3) is 0 Å². The molecule has 6 nitrogen and oxygen atoms in total. The van der Waals surface area contributed by atoms with Crippen molar-refractivity contribution in [1.29, 1.82) is 0 Å². The summed E-state index contributed by atoms with van der Waals surface area (Å²) in [4.78, 5) is 27.6. The van der Waals surface area contributed by atoms with Crippen molar-refractivity contribution in [1.82, 2.24) is 10.6 Å². The van der Waals surface area contributed by atoms with E-state index < -0.39 is 35.7 Å². The highest BCUT2D eigenvalue weighted by molar-refractivity contribution is 6.00. The first kappa shape index (κ1) is 25.2. The Kier molecular flexibility index (Phi) is 7.03. The predicted molar refractivity (Wildman–Crippen MR) is 129 cm³/mol. The number of halogens is 3. The van der Waals surface area contributed by atoms with E-state index in [1.165, 1.54) is 24.3 Å². The third kappa shape index (κ3) is 4.92. The van der Waals surface area contributed by atoms with Gasteiger partial charge in [0.1, 0.15) is 5.92 Å². The summed E-state index contributed by atoms with van der Waals surface area (Å²) in [6, 6.07) is 21.2. The van der Waals surface area contributed by atoms with Crippen molar-refractivity contribution in [3.8, 4) is 0 Å². The number of benzene rings is 3. The molecule has 0 unspecified atom stereocenters. The molecule has 1 aliphatic rings. The third-order valence-electron chi connectivity index (χ3n) is 6.36. The molecule has 3 atom stereocenters. The second-order valence-corrected chi connectivity index (χ2v) is 8.64. The largest absolute Gasteiger partial charge is 0.437 e. The van der Waals surface area contributed by atoms with E-state index >= 15 is 0 Å². The van der Waals surface area contributed by atoms with Gasteiger partial charge in [-0.25, -0.2) is 4.79 Å². The number of carbonyl (C=O) groups excluding carboxylic acids is 2. The summed E-state index contributed by atoms with van der Waals surface area (Å²) >= 11 is 0. The van der Waals surface area contributed by atoms with Crippen molar-refractivity contribution in [3.63, 3.8) is 0 Å². The molecule has 0 aromatic heterocycles. The van der Waals surface area contributed by atoms with E-state index in [-0.39, 0.29) is 11.1 Å². The van der Waals surface area contributed by atoms with Crippen LogP contribution in [0.4, 0.5) is 23.7 Å². The number of carbonyl (C=O) groups is 2. The third-order valence-corrected chi connectivity index (χ3v) is 6.36. The number of aliphatic hydroxyl groups is 1. The SMILES string of the molecule is CCN(Cc1ccccc1)c1ccc([C@@H]2NC(=O)N[C@@](O)(C(F)(F)F)[C@@H]2C(=O)c2ccccc2)cc1. The molecule has 1 aliphatic heterocycles. The van der Waals surface area contributed by atoms with Gasteiger partial charge in [0.05, 0.1) is 6.04 Å². The highest BCUT2D eigenvalue weighted by Crippen LogP contribution is 2.44. The fourth-order valence-electron chi connectivity index (χ4n) is 4.48. The van der Waals surface area contributed by atoms with E-state index in [4.69, 9.17) is 0 Å². The number of anilines is 1. The number of hydrogen-bond donors (Lipinski definition) is 3. The quantitative estimate of drug-likeness (QED) is 0.409. The molecule has 9 heteroatoms. The van der Waals surface area contributed by atoms with Gasteiger partial charge in [0.15, 0.2) is 5.78 Å². The van der Waals surface area contributed by atoms with Crippen molar-refractivity contribution in [2.75, 3.05) is 11.4 Å². The van der Waals surface area contributed by atoms with Crippen molar-refractivity contribution in [2.45, 2.75) is 31.4 Å². The van der Waals surface area contributed by atoms with Crippen LogP contribution >= 0.6 is 0 Å². The molecule has 0 bridgehead atoms. The van der Waals surface area contributed by atoms with Crippen LogP contribution in [0.1, 0.15) is 34.5 Å². The molecule has 0 saturated carbocycles. The second kappa shape index (κ2) is 10.0. The maximum Gasteiger partial charge on any atom is 0.437 e. The molecular weight excluding hydrogens is 471 g/mol. The average molecular weight is 498 g/mol. The van der Waals surface area contributed by atoms with E-state index in [2.05, 4.69) is 10.2 Å². The minimum absolute atomic E-state index is 0.00948. The molecule has 36 heavy (non-hydrogen) atoms. The summed E-state index contributed by atoms with van der Waals surface area (Å²) in [6.07, 6.45) is -5.30. The Labute approximate surface area is 206 Å². The summed E-state index contributed by atoms with van der Waals surface area (Å²) < 4.78 is 42.3. The summed E-state index contributed by atoms with van der Waals surface area (Å²) in [5, 5.41) is 14.7. The van der Waals surface area contributed by atoms with Crippen molar-refractivity contribution in [2.24, 2.45) is 5.92 Å². The lowest BCUT2D eigenvalue weighted by molar-refractivity contribution is -0.287. The smallest absolute Gasteiger partial charge is 0.367 e. The highest BCUT2D eigenvalue weighted by atomic mass is 19.4. The molecular formula is C27H26F3N3O3. The lowest BCUT2D eigenvalue weighted by atomic mass is 9.77. The van der Waals surface area contributed by atoms with E-state index in [0.29, 0.717) is 13.1 Å². The van der Waals surface area contributed by atoms with Crippen molar-refractivity contribution >= 4 is 17.5 Å². The summed E-state index contributed by atoms with van der Waals surface area (Å²) in [7, 11) is 0. The fourth-order valence-corrected chi connectivity index (χ4v) is 4.48. The molecule has 3 aromatic rings. The molecule has 3 aromatic carbocycles. The molecule has 3 N–H and O–H groups in total. The molecule has 1 saturated heterocycles. The molecule has 1 heterocycles. The average Bonchev–Trinajstić information content (AvgIpc) is 2.87. The summed E-state index contributed by atoms with van der Waals surface area (Å²) in [6.45, 7) is 3.30. The van der Waals surface area contributed by atoms with Crippen molar-refractivity contribution < 1.29 is 27.9 Å². The highest BCUT2D eigenvalue weighted by Gasteiger charge is 2.66. The van der Waals surface area contributed by atoms with Crippen LogP contribution in [-0.2, 0) is 6.54 Å². The van der Waals surface area contributed by atoms with Crippen LogP contribution < -0.4 is 15.5 Å². The summed E-state index contributed by atoms with van der Waals surface area (Å²) in [5.74, 6) is -3.01. The molecule has 2 amide bonds. The summed E-state index contributed by atoms with van der Waals surface area (Å²) in [5.41, 5.74) is -1.58. The van der Waals surface area contributed by atoms with Crippen LogP contribution in [-0.4, -0.2) is 35.4 Å². The number of amides is 2. The van der Waals surface area contributed by atoms with Gasteiger partial charge in [-0.3, -0.25) is 4.79 Å². The zero-order valence-corrected chi connectivity index (χ0v) is 19.5. The van der Waals surface area contributed by atoms with E-state index in [9.17, 15) is 27.9 Å². The maximum atomic E-state index is 14.1. The number of nitrogens with zero attached hydrogens (tertiary/aromatic N) is 1. The van der Waals surface area contributed by atoms with Crippen LogP contribution in [0.5, 0.6) is 0 Å². The van der Waals surface area contributed by atoms with Gasteiger partial charge in [0, 0.05) is 24.3 Å². The first-order valence-electron chi connectivity index (χ1n) is 11.5. The Morgan fingerprint density at radius 3 is 2.11 bits per heavy atom. The molecule has 4 rings (SSSR count). The number of Topliss-reactive ketones (excluding diaryl/α,β-unsaturated/α-hetero) is 1. The number of urea groups is 1. The minimum atomic E-state index is -5.30. The van der Waals surface area contributed by atoms with Crippen LogP contribution in [0.15, 0.2) is 84.9 Å². The number of hydrogen-bond acceptors (Lipinski definition) is 4. The van der Waals surface area contributed by atoms with E-state index in [1.54, 1.807) is 35.6 Å². The van der Waals surface area contributed by atoms with Gasteiger partial charge in [-0.15, -0.1) is 0 Å². The van der Waals surface area contributed by atoms with Crippen LogP contribution in [0, 0.1) is 5.92 Å². The Morgan fingerprint density at radius 2 is 1.56 bits per heavy atom. The van der Waals surface area contributed by atoms with Crippen LogP contribution in [0.2, 0.25) is 0 Å². The fraction of sp³-hybridized carbons (Fsp3) is 0.259. The predicted octanol–water partition coefficient (Wildman–Crippen LogP) is 4.82. The van der Waals surface area contributed by atoms with Crippen LogP contribution in [0.3, 0.4) is 0 Å². The Hall–Kier alpha value is -3.85. The number of ketones is 1. The first-order chi connectivity index (χ1) is 17.1. The van der Waals surface area contributed by atoms with Gasteiger partial charge in [-0.2, -0.15) is 13.2 Å². The Balaban J connectivity index is 1.70. The maximum absolute atomic E-state index is 14.1. The molecule has 1 fully saturated rings. The van der Waals surface area contributed by atoms with Gasteiger partial charge >= 0.3 is 12.2 Å². The van der Waals surface area contributed by atoms with Gasteiger partial charge in [-0.1, -0.05) is 72.8 Å². The number of alkyl halides is 3. The number of nitrogens with one attached hydrogen (secondary N) is 2. The number of rotatable bonds is 7. The van der Waals surface area contributed by atoms with Crippen molar-refractivity contribution in [3.05, 3.63) is 102 Å². The molecule has 188 valence electrons. The van der Waals surface area contributed by atoms with Gasteiger partial charge < -0.3 is 20.6 Å². The van der Waals surface area contributed by atoms with Gasteiger partial charge in [-0.05, 0) is 30.2 Å². The Morgan fingerprint density at radius 1 is 0.972 bits per heavy atom. The van der Waals surface area contributed by atoms with E-state index in [0.717, 1.165) is 11.3 Å². The molecule has 0 spiro atoms. The zero-order valence-electron chi connectivity index (χ0n) is 19.5. The topological polar surface area (TPSA) is 81.7 Å².